The minimum atomic E-state index is -1.81. The predicted octanol–water partition coefficient (Wildman–Crippen LogP) is 0.173. The summed E-state index contributed by atoms with van der Waals surface area (Å²) in [7, 11) is 1.14. The molecule has 4 N–H and O–H groups in total. The summed E-state index contributed by atoms with van der Waals surface area (Å²) >= 11 is 0. The average molecular weight is 225 g/mol. The lowest BCUT2D eigenvalue weighted by Gasteiger charge is -2.12. The van der Waals surface area contributed by atoms with Crippen LogP contribution >= 0.6 is 0 Å². The van der Waals surface area contributed by atoms with Gasteiger partial charge in [-0.3, -0.25) is 0 Å². The smallest absolute Gasteiger partial charge is 0.340 e. The van der Waals surface area contributed by atoms with Gasteiger partial charge in [-0.05, 0) is 6.07 Å². The van der Waals surface area contributed by atoms with Gasteiger partial charge in [0.05, 0.1) is 12.7 Å². The quantitative estimate of drug-likeness (QED) is 0.499. The molecule has 0 aromatic heterocycles. The molecule has 0 aliphatic carbocycles. The van der Waals surface area contributed by atoms with Crippen LogP contribution in [0.2, 0.25) is 0 Å². The Balaban J connectivity index is 3.33. The molecule has 0 radical (unpaired) electrons. The average Bonchev–Trinajstić information content (AvgIpc) is 2.26. The van der Waals surface area contributed by atoms with Gasteiger partial charge in [0.25, 0.3) is 0 Å². The van der Waals surface area contributed by atoms with Crippen molar-refractivity contribution in [1.29, 1.82) is 0 Å². The number of ether oxygens (including phenoxy) is 1. The van der Waals surface area contributed by atoms with Gasteiger partial charge < -0.3 is 20.7 Å². The van der Waals surface area contributed by atoms with E-state index in [2.05, 4.69) is 4.74 Å². The summed E-state index contributed by atoms with van der Waals surface area (Å²) in [6.45, 7) is 0. The third kappa shape index (κ3) is 2.12. The van der Waals surface area contributed by atoms with Crippen molar-refractivity contribution in [2.75, 3.05) is 12.8 Å². The SMILES string of the molecule is COC(=O)c1c(N)cccc1C(O)C(=O)O. The highest BCUT2D eigenvalue weighted by Gasteiger charge is 2.24. The highest BCUT2D eigenvalue weighted by molar-refractivity contribution is 5.98. The van der Waals surface area contributed by atoms with Gasteiger partial charge in [0, 0.05) is 11.3 Å². The summed E-state index contributed by atoms with van der Waals surface area (Å²) in [6, 6.07) is 4.18. The van der Waals surface area contributed by atoms with Crippen molar-refractivity contribution >= 4 is 17.6 Å². The molecular weight excluding hydrogens is 214 g/mol. The molecule has 1 rings (SSSR count). The Morgan fingerprint density at radius 1 is 1.44 bits per heavy atom. The minimum Gasteiger partial charge on any atom is -0.479 e. The van der Waals surface area contributed by atoms with Gasteiger partial charge in [0.15, 0.2) is 6.10 Å². The van der Waals surface area contributed by atoms with Crippen LogP contribution in [0.15, 0.2) is 18.2 Å². The Morgan fingerprint density at radius 3 is 2.56 bits per heavy atom. The highest BCUT2D eigenvalue weighted by atomic mass is 16.5. The van der Waals surface area contributed by atoms with E-state index in [1.165, 1.54) is 18.2 Å². The van der Waals surface area contributed by atoms with Gasteiger partial charge in [0.1, 0.15) is 0 Å². The minimum absolute atomic E-state index is 0.0599. The molecule has 0 aliphatic heterocycles. The number of carboxylic acids is 1. The largest absolute Gasteiger partial charge is 0.479 e. The molecule has 0 amide bonds. The van der Waals surface area contributed by atoms with Crippen LogP contribution in [0.3, 0.4) is 0 Å². The molecule has 1 aromatic rings. The lowest BCUT2D eigenvalue weighted by Crippen LogP contribution is -2.17. The van der Waals surface area contributed by atoms with Crippen molar-refractivity contribution in [2.45, 2.75) is 6.10 Å². The highest BCUT2D eigenvalue weighted by Crippen LogP contribution is 2.24. The lowest BCUT2D eigenvalue weighted by atomic mass is 10.0. The summed E-state index contributed by atoms with van der Waals surface area (Å²) in [5.74, 6) is -2.25. The van der Waals surface area contributed by atoms with E-state index >= 15 is 0 Å². The van der Waals surface area contributed by atoms with Crippen LogP contribution in [-0.2, 0) is 9.53 Å². The second-order valence-corrected chi connectivity index (χ2v) is 3.04. The molecule has 0 saturated carbocycles. The third-order valence-corrected chi connectivity index (χ3v) is 2.05. The van der Waals surface area contributed by atoms with Gasteiger partial charge in [0.2, 0.25) is 0 Å². The number of methoxy groups -OCH3 is 1. The van der Waals surface area contributed by atoms with Crippen LogP contribution in [0.25, 0.3) is 0 Å². The number of carbonyl (C=O) groups is 2. The Labute approximate surface area is 91.3 Å². The molecule has 86 valence electrons. The fraction of sp³-hybridized carbons (Fsp3) is 0.200. The van der Waals surface area contributed by atoms with Crippen LogP contribution in [0, 0.1) is 0 Å². The lowest BCUT2D eigenvalue weighted by molar-refractivity contribution is -0.146. The topological polar surface area (TPSA) is 110 Å². The Morgan fingerprint density at radius 2 is 2.06 bits per heavy atom. The second kappa shape index (κ2) is 4.63. The first-order valence-corrected chi connectivity index (χ1v) is 4.36. The molecule has 0 spiro atoms. The number of benzene rings is 1. The van der Waals surface area contributed by atoms with E-state index in [9.17, 15) is 14.7 Å². The zero-order chi connectivity index (χ0) is 12.3. The van der Waals surface area contributed by atoms with Crippen LogP contribution in [-0.4, -0.2) is 29.3 Å². The molecule has 0 fully saturated rings. The summed E-state index contributed by atoms with van der Waals surface area (Å²) in [5.41, 5.74) is 5.38. The number of nitrogen functional groups attached to an aromatic ring is 1. The maximum Gasteiger partial charge on any atom is 0.340 e. The van der Waals surface area contributed by atoms with E-state index in [-0.39, 0.29) is 16.8 Å². The number of carbonyl (C=O) groups excluding carboxylic acids is 1. The van der Waals surface area contributed by atoms with E-state index in [1.807, 2.05) is 0 Å². The molecule has 6 nitrogen and oxygen atoms in total. The van der Waals surface area contributed by atoms with Gasteiger partial charge in [-0.1, -0.05) is 12.1 Å². The van der Waals surface area contributed by atoms with Gasteiger partial charge in [-0.15, -0.1) is 0 Å². The van der Waals surface area contributed by atoms with Crippen LogP contribution in [0.4, 0.5) is 5.69 Å². The maximum absolute atomic E-state index is 11.4. The van der Waals surface area contributed by atoms with Crippen LogP contribution < -0.4 is 5.73 Å². The number of hydrogen-bond acceptors (Lipinski definition) is 5. The standard InChI is InChI=1S/C10H11NO5/c1-16-10(15)7-5(8(12)9(13)14)3-2-4-6(7)11/h2-4,8,12H,11H2,1H3,(H,13,14). The van der Waals surface area contributed by atoms with Crippen molar-refractivity contribution in [3.05, 3.63) is 29.3 Å². The third-order valence-electron chi connectivity index (χ3n) is 2.05. The molecule has 16 heavy (non-hydrogen) atoms. The first-order valence-electron chi connectivity index (χ1n) is 4.36. The molecule has 0 aliphatic rings. The monoisotopic (exact) mass is 225 g/mol. The normalized spacial score (nSPS) is 11.9. The van der Waals surface area contributed by atoms with E-state index in [1.54, 1.807) is 0 Å². The summed E-state index contributed by atoms with van der Waals surface area (Å²) in [4.78, 5) is 22.0. The van der Waals surface area contributed by atoms with Gasteiger partial charge >= 0.3 is 11.9 Å². The Kier molecular flexibility index (Phi) is 3.47. The number of carboxylic acid groups (broad SMARTS) is 1. The second-order valence-electron chi connectivity index (χ2n) is 3.04. The molecule has 1 unspecified atom stereocenters. The number of aliphatic hydroxyl groups is 1. The Hall–Kier alpha value is -2.08. The van der Waals surface area contributed by atoms with Crippen molar-refractivity contribution in [1.82, 2.24) is 0 Å². The number of aliphatic carboxylic acids is 1. The number of esters is 1. The molecule has 0 bridgehead atoms. The van der Waals surface area contributed by atoms with E-state index < -0.39 is 18.0 Å². The predicted molar refractivity (Wildman–Crippen MR) is 54.8 cm³/mol. The van der Waals surface area contributed by atoms with Crippen molar-refractivity contribution in [3.8, 4) is 0 Å². The zero-order valence-corrected chi connectivity index (χ0v) is 8.51. The van der Waals surface area contributed by atoms with Crippen LogP contribution in [0.1, 0.15) is 22.0 Å². The van der Waals surface area contributed by atoms with E-state index in [0.29, 0.717) is 0 Å². The van der Waals surface area contributed by atoms with Crippen molar-refractivity contribution < 1.29 is 24.5 Å². The van der Waals surface area contributed by atoms with Crippen molar-refractivity contribution in [3.63, 3.8) is 0 Å². The number of anilines is 1. The summed E-state index contributed by atoms with van der Waals surface area (Å²) in [6.07, 6.45) is -1.81. The summed E-state index contributed by atoms with van der Waals surface area (Å²) < 4.78 is 4.46. The fourth-order valence-corrected chi connectivity index (χ4v) is 1.29. The maximum atomic E-state index is 11.4. The summed E-state index contributed by atoms with van der Waals surface area (Å²) in [5, 5.41) is 18.0. The fourth-order valence-electron chi connectivity index (χ4n) is 1.29. The molecule has 1 aromatic carbocycles. The number of hydrogen-bond donors (Lipinski definition) is 3. The van der Waals surface area contributed by atoms with E-state index in [4.69, 9.17) is 10.8 Å². The number of rotatable bonds is 3. The first-order chi connectivity index (χ1) is 7.49. The van der Waals surface area contributed by atoms with Crippen molar-refractivity contribution in [2.24, 2.45) is 0 Å². The molecular formula is C10H11NO5. The number of aliphatic hydroxyl groups excluding tert-OH is 1. The molecule has 6 heteroatoms. The van der Waals surface area contributed by atoms with E-state index in [0.717, 1.165) is 7.11 Å². The van der Waals surface area contributed by atoms with Gasteiger partial charge in [-0.2, -0.15) is 0 Å². The molecule has 1 atom stereocenters. The number of nitrogens with two attached hydrogens (primary N) is 1. The molecule has 0 heterocycles. The molecule has 0 saturated heterocycles. The first kappa shape index (κ1) is 12.0. The zero-order valence-electron chi connectivity index (χ0n) is 8.51. The van der Waals surface area contributed by atoms with Crippen LogP contribution in [0.5, 0.6) is 0 Å². The van der Waals surface area contributed by atoms with Gasteiger partial charge in [-0.25, -0.2) is 9.59 Å². The Bertz CT molecular complexity index is 429.